The molecule has 4 heteroatoms. The molecule has 0 heterocycles. The highest BCUT2D eigenvalue weighted by Crippen LogP contribution is 2.22. The van der Waals surface area contributed by atoms with Crippen LogP contribution in [0, 0.1) is 10.1 Å². The van der Waals surface area contributed by atoms with Crippen LogP contribution in [-0.4, -0.2) is 18.0 Å². The fraction of sp³-hybridized carbons (Fsp3) is 0.647. The quantitative estimate of drug-likeness (QED) is 0.367. The van der Waals surface area contributed by atoms with Crippen molar-refractivity contribution in [3.8, 4) is 0 Å². The second-order valence-electron chi connectivity index (χ2n) is 5.70. The Morgan fingerprint density at radius 3 is 2.38 bits per heavy atom. The van der Waals surface area contributed by atoms with Gasteiger partial charge in [-0.2, -0.15) is 0 Å². The van der Waals surface area contributed by atoms with Crippen LogP contribution < -0.4 is 5.32 Å². The zero-order valence-corrected chi connectivity index (χ0v) is 13.3. The van der Waals surface area contributed by atoms with Crippen molar-refractivity contribution in [1.29, 1.82) is 0 Å². The molecule has 0 saturated carbocycles. The van der Waals surface area contributed by atoms with Crippen LogP contribution in [0.1, 0.15) is 63.9 Å². The lowest BCUT2D eigenvalue weighted by atomic mass is 9.96. The predicted octanol–water partition coefficient (Wildman–Crippen LogP) is 4.65. The molecule has 0 aromatic heterocycles. The maximum absolute atomic E-state index is 10.6. The number of hydrogen-bond acceptors (Lipinski definition) is 3. The van der Waals surface area contributed by atoms with E-state index in [9.17, 15) is 10.1 Å². The predicted molar refractivity (Wildman–Crippen MR) is 87.8 cm³/mol. The molecule has 21 heavy (non-hydrogen) atoms. The van der Waals surface area contributed by atoms with Crippen molar-refractivity contribution in [2.45, 2.75) is 58.3 Å². The number of nitro groups is 1. The first kappa shape index (κ1) is 17.6. The summed E-state index contributed by atoms with van der Waals surface area (Å²) in [6.45, 7) is 6.59. The smallest absolute Gasteiger partial charge is 0.269 e. The average molecular weight is 292 g/mol. The topological polar surface area (TPSA) is 55.2 Å². The van der Waals surface area contributed by atoms with Crippen LogP contribution in [-0.2, 0) is 0 Å². The Bertz CT molecular complexity index is 404. The van der Waals surface area contributed by atoms with Gasteiger partial charge < -0.3 is 5.32 Å². The molecule has 0 spiro atoms. The standard InChI is InChI=1S/C17H28N2O2/c1-3-4-5-6-13-18-14-7-8-15(2)16-9-11-17(12-10-16)19(20)21/h9-12,15,18H,3-8,13-14H2,1-2H3. The number of hydrogen-bond donors (Lipinski definition) is 1. The molecular formula is C17H28N2O2. The summed E-state index contributed by atoms with van der Waals surface area (Å²) in [6.07, 6.45) is 7.46. The molecule has 1 atom stereocenters. The van der Waals surface area contributed by atoms with Gasteiger partial charge in [-0.15, -0.1) is 0 Å². The van der Waals surface area contributed by atoms with Gasteiger partial charge >= 0.3 is 0 Å². The van der Waals surface area contributed by atoms with Crippen LogP contribution in [0.3, 0.4) is 0 Å². The molecular weight excluding hydrogens is 264 g/mol. The summed E-state index contributed by atoms with van der Waals surface area (Å²) in [5, 5.41) is 14.1. The van der Waals surface area contributed by atoms with Crippen molar-refractivity contribution in [1.82, 2.24) is 5.32 Å². The summed E-state index contributed by atoms with van der Waals surface area (Å²) in [4.78, 5) is 10.3. The van der Waals surface area contributed by atoms with Crippen molar-refractivity contribution in [3.05, 3.63) is 39.9 Å². The fourth-order valence-corrected chi connectivity index (χ4v) is 2.43. The Hall–Kier alpha value is -1.42. The van der Waals surface area contributed by atoms with Gasteiger partial charge in [0.25, 0.3) is 5.69 Å². The normalized spacial score (nSPS) is 12.3. The van der Waals surface area contributed by atoms with Gasteiger partial charge in [0.15, 0.2) is 0 Å². The van der Waals surface area contributed by atoms with Crippen LogP contribution in [0.15, 0.2) is 24.3 Å². The first-order chi connectivity index (χ1) is 10.1. The molecule has 1 aromatic carbocycles. The molecule has 0 aliphatic carbocycles. The van der Waals surface area contributed by atoms with Gasteiger partial charge in [-0.05, 0) is 43.8 Å². The van der Waals surface area contributed by atoms with E-state index in [2.05, 4.69) is 19.2 Å². The van der Waals surface area contributed by atoms with E-state index in [1.807, 2.05) is 12.1 Å². The number of benzene rings is 1. The SMILES string of the molecule is CCCCCCNCCCC(C)c1ccc([N+](=O)[O-])cc1. The molecule has 0 bridgehead atoms. The first-order valence-corrected chi connectivity index (χ1v) is 8.10. The van der Waals surface area contributed by atoms with E-state index in [-0.39, 0.29) is 10.6 Å². The van der Waals surface area contributed by atoms with Gasteiger partial charge in [-0.1, -0.05) is 45.2 Å². The minimum Gasteiger partial charge on any atom is -0.317 e. The van der Waals surface area contributed by atoms with E-state index in [1.54, 1.807) is 12.1 Å². The zero-order chi connectivity index (χ0) is 15.5. The van der Waals surface area contributed by atoms with E-state index in [0.29, 0.717) is 5.92 Å². The summed E-state index contributed by atoms with van der Waals surface area (Å²) in [6, 6.07) is 6.94. The highest BCUT2D eigenvalue weighted by molar-refractivity contribution is 5.34. The Morgan fingerprint density at radius 1 is 1.10 bits per heavy atom. The minimum absolute atomic E-state index is 0.166. The first-order valence-electron chi connectivity index (χ1n) is 8.10. The molecule has 0 amide bonds. The third kappa shape index (κ3) is 7.23. The van der Waals surface area contributed by atoms with Gasteiger partial charge in [-0.25, -0.2) is 0 Å². The Balaban J connectivity index is 2.15. The lowest BCUT2D eigenvalue weighted by Crippen LogP contribution is -2.17. The van der Waals surface area contributed by atoms with Crippen molar-refractivity contribution in [2.24, 2.45) is 0 Å². The minimum atomic E-state index is -0.350. The monoisotopic (exact) mass is 292 g/mol. The lowest BCUT2D eigenvalue weighted by molar-refractivity contribution is -0.384. The van der Waals surface area contributed by atoms with Gasteiger partial charge in [0.05, 0.1) is 4.92 Å². The molecule has 1 unspecified atom stereocenters. The second kappa shape index (κ2) is 10.3. The van der Waals surface area contributed by atoms with E-state index in [1.165, 1.54) is 31.2 Å². The largest absolute Gasteiger partial charge is 0.317 e. The number of nitrogens with one attached hydrogen (secondary N) is 1. The molecule has 0 aliphatic rings. The van der Waals surface area contributed by atoms with Gasteiger partial charge in [-0.3, -0.25) is 10.1 Å². The van der Waals surface area contributed by atoms with Crippen molar-refractivity contribution >= 4 is 5.69 Å². The highest BCUT2D eigenvalue weighted by atomic mass is 16.6. The van der Waals surface area contributed by atoms with Crippen LogP contribution >= 0.6 is 0 Å². The molecule has 0 aliphatic heterocycles. The van der Waals surface area contributed by atoms with Crippen LogP contribution in [0.2, 0.25) is 0 Å². The van der Waals surface area contributed by atoms with E-state index in [0.717, 1.165) is 25.9 Å². The number of rotatable bonds is 11. The van der Waals surface area contributed by atoms with Crippen LogP contribution in [0.5, 0.6) is 0 Å². The lowest BCUT2D eigenvalue weighted by Gasteiger charge is -2.12. The summed E-state index contributed by atoms with van der Waals surface area (Å²) in [7, 11) is 0. The third-order valence-corrected chi connectivity index (χ3v) is 3.87. The molecule has 0 saturated heterocycles. The van der Waals surface area contributed by atoms with Crippen molar-refractivity contribution < 1.29 is 4.92 Å². The van der Waals surface area contributed by atoms with Crippen LogP contribution in [0.4, 0.5) is 5.69 Å². The third-order valence-electron chi connectivity index (χ3n) is 3.87. The van der Waals surface area contributed by atoms with Crippen molar-refractivity contribution in [3.63, 3.8) is 0 Å². The summed E-state index contributed by atoms with van der Waals surface area (Å²) >= 11 is 0. The van der Waals surface area contributed by atoms with Gasteiger partial charge in [0.1, 0.15) is 0 Å². The molecule has 4 nitrogen and oxygen atoms in total. The average Bonchev–Trinajstić information content (AvgIpc) is 2.49. The fourth-order valence-electron chi connectivity index (χ4n) is 2.43. The molecule has 0 radical (unpaired) electrons. The number of non-ortho nitro benzene ring substituents is 1. The molecule has 1 N–H and O–H groups in total. The maximum atomic E-state index is 10.6. The Kier molecular flexibility index (Phi) is 8.67. The summed E-state index contributed by atoms with van der Waals surface area (Å²) < 4.78 is 0. The zero-order valence-electron chi connectivity index (χ0n) is 13.3. The molecule has 0 fully saturated rings. The van der Waals surface area contributed by atoms with Gasteiger partial charge in [0.2, 0.25) is 0 Å². The van der Waals surface area contributed by atoms with Crippen molar-refractivity contribution in [2.75, 3.05) is 13.1 Å². The number of unbranched alkanes of at least 4 members (excludes halogenated alkanes) is 3. The Morgan fingerprint density at radius 2 is 1.76 bits per heavy atom. The maximum Gasteiger partial charge on any atom is 0.269 e. The van der Waals surface area contributed by atoms with E-state index < -0.39 is 0 Å². The second-order valence-corrected chi connectivity index (χ2v) is 5.70. The number of nitro benzene ring substituents is 1. The Labute approximate surface area is 128 Å². The van der Waals surface area contributed by atoms with E-state index >= 15 is 0 Å². The van der Waals surface area contributed by atoms with E-state index in [4.69, 9.17) is 0 Å². The summed E-state index contributed by atoms with van der Waals surface area (Å²) in [5.41, 5.74) is 1.35. The molecule has 1 aromatic rings. The molecule has 118 valence electrons. The highest BCUT2D eigenvalue weighted by Gasteiger charge is 2.08. The number of nitrogens with zero attached hydrogens (tertiary/aromatic N) is 1. The van der Waals surface area contributed by atoms with Gasteiger partial charge in [0, 0.05) is 12.1 Å². The van der Waals surface area contributed by atoms with Crippen LogP contribution in [0.25, 0.3) is 0 Å². The molecule has 1 rings (SSSR count). The summed E-state index contributed by atoms with van der Waals surface area (Å²) in [5.74, 6) is 0.452.